The number of nitrogens with one attached hydrogen (secondary N) is 1. The molecule has 0 saturated heterocycles. The highest BCUT2D eigenvalue weighted by atomic mass is 19.4. The zero-order valence-electron chi connectivity index (χ0n) is 11.9. The second kappa shape index (κ2) is 6.26. The van der Waals surface area contributed by atoms with E-state index in [1.807, 2.05) is 19.9 Å². The van der Waals surface area contributed by atoms with Gasteiger partial charge in [-0.25, -0.2) is 0 Å². The number of halogens is 3. The van der Waals surface area contributed by atoms with E-state index in [0.717, 1.165) is 28.8 Å². The molecule has 0 bridgehead atoms. The lowest BCUT2D eigenvalue weighted by atomic mass is 9.95. The van der Waals surface area contributed by atoms with Crippen LogP contribution in [-0.2, 0) is 6.18 Å². The van der Waals surface area contributed by atoms with Crippen molar-refractivity contribution in [2.75, 3.05) is 6.54 Å². The van der Waals surface area contributed by atoms with Crippen LogP contribution < -0.4 is 5.32 Å². The average Bonchev–Trinajstić information content (AvgIpc) is 2.45. The smallest absolute Gasteiger partial charge is 0.307 e. The second-order valence-electron chi connectivity index (χ2n) is 4.84. The zero-order chi connectivity index (χ0) is 15.5. The number of hydrogen-bond acceptors (Lipinski definition) is 2. The van der Waals surface area contributed by atoms with E-state index in [9.17, 15) is 13.2 Å². The van der Waals surface area contributed by atoms with E-state index < -0.39 is 11.7 Å². The molecular formula is C16H17F3N2. The molecule has 2 nitrogen and oxygen atoms in total. The van der Waals surface area contributed by atoms with Crippen LogP contribution in [0.1, 0.15) is 35.2 Å². The lowest BCUT2D eigenvalue weighted by molar-refractivity contribution is -0.137. The van der Waals surface area contributed by atoms with Gasteiger partial charge in [-0.2, -0.15) is 13.2 Å². The number of aromatic nitrogens is 1. The summed E-state index contributed by atoms with van der Waals surface area (Å²) in [7, 11) is 0. The molecule has 0 fully saturated rings. The van der Waals surface area contributed by atoms with Crippen LogP contribution in [0.15, 0.2) is 42.7 Å². The topological polar surface area (TPSA) is 24.9 Å². The summed E-state index contributed by atoms with van der Waals surface area (Å²) in [6.45, 7) is 4.62. The highest BCUT2D eigenvalue weighted by Crippen LogP contribution is 2.31. The molecular weight excluding hydrogens is 277 g/mol. The van der Waals surface area contributed by atoms with Crippen LogP contribution in [0.5, 0.6) is 0 Å². The van der Waals surface area contributed by atoms with Gasteiger partial charge in [0.05, 0.1) is 11.6 Å². The van der Waals surface area contributed by atoms with Gasteiger partial charge in [-0.05, 0) is 48.4 Å². The monoisotopic (exact) mass is 294 g/mol. The predicted molar refractivity (Wildman–Crippen MR) is 75.9 cm³/mol. The number of benzene rings is 1. The fourth-order valence-corrected chi connectivity index (χ4v) is 2.28. The number of nitrogens with zero attached hydrogens (tertiary/aromatic N) is 1. The van der Waals surface area contributed by atoms with Gasteiger partial charge in [0, 0.05) is 12.4 Å². The average molecular weight is 294 g/mol. The Balaban J connectivity index is 2.37. The molecule has 1 heterocycles. The van der Waals surface area contributed by atoms with E-state index in [4.69, 9.17) is 0 Å². The Bertz CT molecular complexity index is 591. The van der Waals surface area contributed by atoms with Crippen LogP contribution >= 0.6 is 0 Å². The first-order valence-electron chi connectivity index (χ1n) is 6.74. The highest BCUT2D eigenvalue weighted by molar-refractivity contribution is 5.36. The molecule has 1 aromatic heterocycles. The Hall–Kier alpha value is -1.88. The predicted octanol–water partition coefficient (Wildman–Crippen LogP) is 4.11. The van der Waals surface area contributed by atoms with Crippen LogP contribution in [0.25, 0.3) is 0 Å². The van der Waals surface area contributed by atoms with Crippen molar-refractivity contribution in [2.45, 2.75) is 26.1 Å². The normalized spacial score (nSPS) is 13.2. The first kappa shape index (κ1) is 15.5. The maximum Gasteiger partial charge on any atom is 0.416 e. The Morgan fingerprint density at radius 1 is 1.14 bits per heavy atom. The van der Waals surface area contributed by atoms with Crippen molar-refractivity contribution in [2.24, 2.45) is 0 Å². The number of hydrogen-bond donors (Lipinski definition) is 1. The molecule has 112 valence electrons. The molecule has 0 radical (unpaired) electrons. The molecule has 2 rings (SSSR count). The SMILES string of the molecule is CCNC(c1ccc(C(F)(F)F)cc1)c1ccncc1C. The summed E-state index contributed by atoms with van der Waals surface area (Å²) in [5, 5.41) is 3.31. The molecule has 1 N–H and O–H groups in total. The van der Waals surface area contributed by atoms with Gasteiger partial charge >= 0.3 is 6.18 Å². The third kappa shape index (κ3) is 3.61. The van der Waals surface area contributed by atoms with Crippen molar-refractivity contribution in [3.8, 4) is 0 Å². The largest absolute Gasteiger partial charge is 0.416 e. The molecule has 2 aromatic rings. The van der Waals surface area contributed by atoms with Gasteiger partial charge in [-0.3, -0.25) is 4.98 Å². The Morgan fingerprint density at radius 3 is 2.33 bits per heavy atom. The molecule has 1 atom stereocenters. The minimum absolute atomic E-state index is 0.139. The van der Waals surface area contributed by atoms with E-state index in [-0.39, 0.29) is 6.04 Å². The molecule has 0 amide bonds. The van der Waals surface area contributed by atoms with Gasteiger partial charge in [0.1, 0.15) is 0 Å². The Labute approximate surface area is 122 Å². The van der Waals surface area contributed by atoms with Gasteiger partial charge in [0.25, 0.3) is 0 Å². The zero-order valence-corrected chi connectivity index (χ0v) is 11.9. The van der Waals surface area contributed by atoms with Crippen LogP contribution in [0, 0.1) is 6.92 Å². The summed E-state index contributed by atoms with van der Waals surface area (Å²) in [5.74, 6) is 0. The molecule has 21 heavy (non-hydrogen) atoms. The molecule has 0 aliphatic carbocycles. The maximum absolute atomic E-state index is 12.6. The summed E-state index contributed by atoms with van der Waals surface area (Å²) >= 11 is 0. The van der Waals surface area contributed by atoms with E-state index in [0.29, 0.717) is 6.54 Å². The van der Waals surface area contributed by atoms with Crippen molar-refractivity contribution >= 4 is 0 Å². The molecule has 0 aliphatic heterocycles. The van der Waals surface area contributed by atoms with E-state index in [1.54, 1.807) is 12.4 Å². The molecule has 0 saturated carbocycles. The second-order valence-corrected chi connectivity index (χ2v) is 4.84. The van der Waals surface area contributed by atoms with Gasteiger partial charge < -0.3 is 5.32 Å². The van der Waals surface area contributed by atoms with Crippen molar-refractivity contribution in [1.82, 2.24) is 10.3 Å². The van der Waals surface area contributed by atoms with E-state index >= 15 is 0 Å². The third-order valence-electron chi connectivity index (χ3n) is 3.35. The van der Waals surface area contributed by atoms with Crippen molar-refractivity contribution in [1.29, 1.82) is 0 Å². The first-order valence-corrected chi connectivity index (χ1v) is 6.74. The van der Waals surface area contributed by atoms with Crippen LogP contribution in [0.2, 0.25) is 0 Å². The lowest BCUT2D eigenvalue weighted by Gasteiger charge is -2.21. The van der Waals surface area contributed by atoms with Crippen molar-refractivity contribution in [3.05, 3.63) is 65.0 Å². The number of pyridine rings is 1. The fourth-order valence-electron chi connectivity index (χ4n) is 2.28. The van der Waals surface area contributed by atoms with Gasteiger partial charge in [0.15, 0.2) is 0 Å². The number of aryl methyl sites for hydroxylation is 1. The van der Waals surface area contributed by atoms with Crippen LogP contribution in [0.3, 0.4) is 0 Å². The van der Waals surface area contributed by atoms with Crippen molar-refractivity contribution in [3.63, 3.8) is 0 Å². The Morgan fingerprint density at radius 2 is 1.81 bits per heavy atom. The van der Waals surface area contributed by atoms with Crippen LogP contribution in [0.4, 0.5) is 13.2 Å². The molecule has 1 aromatic carbocycles. The standard InChI is InChI=1S/C16H17F3N2/c1-3-21-15(14-8-9-20-10-11(14)2)12-4-6-13(7-5-12)16(17,18)19/h4-10,15,21H,3H2,1-2H3. The molecule has 1 unspecified atom stereocenters. The van der Waals surface area contributed by atoms with Gasteiger partial charge in [0.2, 0.25) is 0 Å². The van der Waals surface area contributed by atoms with E-state index in [1.165, 1.54) is 12.1 Å². The minimum Gasteiger partial charge on any atom is -0.307 e. The van der Waals surface area contributed by atoms with E-state index in [2.05, 4.69) is 10.3 Å². The van der Waals surface area contributed by atoms with Gasteiger partial charge in [-0.1, -0.05) is 19.1 Å². The Kier molecular flexibility index (Phi) is 4.63. The highest BCUT2D eigenvalue weighted by Gasteiger charge is 2.30. The number of rotatable bonds is 4. The third-order valence-corrected chi connectivity index (χ3v) is 3.35. The first-order chi connectivity index (χ1) is 9.93. The molecule has 0 aliphatic rings. The summed E-state index contributed by atoms with van der Waals surface area (Å²) in [4.78, 5) is 4.05. The van der Waals surface area contributed by atoms with Gasteiger partial charge in [-0.15, -0.1) is 0 Å². The number of alkyl halides is 3. The summed E-state index contributed by atoms with van der Waals surface area (Å²) in [6.07, 6.45) is -0.862. The molecule has 5 heteroatoms. The molecule has 0 spiro atoms. The quantitative estimate of drug-likeness (QED) is 0.918. The summed E-state index contributed by atoms with van der Waals surface area (Å²) in [5.41, 5.74) is 2.20. The van der Waals surface area contributed by atoms with Crippen molar-refractivity contribution < 1.29 is 13.2 Å². The summed E-state index contributed by atoms with van der Waals surface area (Å²) < 4.78 is 37.9. The minimum atomic E-state index is -4.31. The summed E-state index contributed by atoms with van der Waals surface area (Å²) in [6, 6.07) is 7.04. The van der Waals surface area contributed by atoms with Crippen LogP contribution in [-0.4, -0.2) is 11.5 Å². The fraction of sp³-hybridized carbons (Fsp3) is 0.312. The lowest BCUT2D eigenvalue weighted by Crippen LogP contribution is -2.23. The maximum atomic E-state index is 12.6.